The molecule has 1 unspecified atom stereocenters. The Kier molecular flexibility index (Phi) is 3.14. The average molecular weight is 226 g/mol. The molecule has 1 atom stereocenters. The molecule has 2 rings (SSSR count). The quantitative estimate of drug-likeness (QED) is 0.814. The van der Waals surface area contributed by atoms with Crippen LogP contribution in [0.2, 0.25) is 0 Å². The van der Waals surface area contributed by atoms with E-state index in [9.17, 15) is 10.2 Å². The van der Waals surface area contributed by atoms with E-state index in [1.165, 1.54) is 0 Å². The summed E-state index contributed by atoms with van der Waals surface area (Å²) in [6, 6.07) is 1.89. The van der Waals surface area contributed by atoms with Gasteiger partial charge in [0.05, 0.1) is 5.60 Å². The maximum atomic E-state index is 10.4. The SMILES string of the molecule is CC1CCC(O)(C(O)c2ccsc2)CC1. The summed E-state index contributed by atoms with van der Waals surface area (Å²) in [6.07, 6.45) is 2.74. The lowest BCUT2D eigenvalue weighted by Crippen LogP contribution is -2.39. The van der Waals surface area contributed by atoms with Crippen LogP contribution in [-0.2, 0) is 0 Å². The Morgan fingerprint density at radius 1 is 1.47 bits per heavy atom. The van der Waals surface area contributed by atoms with Crippen LogP contribution >= 0.6 is 11.3 Å². The maximum absolute atomic E-state index is 10.4. The van der Waals surface area contributed by atoms with Gasteiger partial charge in [0.25, 0.3) is 0 Å². The van der Waals surface area contributed by atoms with Crippen LogP contribution < -0.4 is 0 Å². The van der Waals surface area contributed by atoms with Crippen molar-refractivity contribution in [2.75, 3.05) is 0 Å². The minimum atomic E-state index is -0.895. The lowest BCUT2D eigenvalue weighted by molar-refractivity contribution is -0.105. The molecule has 1 heterocycles. The van der Waals surface area contributed by atoms with E-state index in [-0.39, 0.29) is 0 Å². The molecular formula is C12H18O2S. The predicted molar refractivity (Wildman–Crippen MR) is 61.9 cm³/mol. The topological polar surface area (TPSA) is 40.5 Å². The fourth-order valence-corrected chi connectivity index (χ4v) is 2.96. The van der Waals surface area contributed by atoms with E-state index < -0.39 is 11.7 Å². The smallest absolute Gasteiger partial charge is 0.108 e. The molecule has 2 N–H and O–H groups in total. The summed E-state index contributed by atoms with van der Waals surface area (Å²) in [5, 5.41) is 24.4. The third kappa shape index (κ3) is 2.25. The van der Waals surface area contributed by atoms with Gasteiger partial charge in [0.15, 0.2) is 0 Å². The van der Waals surface area contributed by atoms with Gasteiger partial charge in [0.2, 0.25) is 0 Å². The monoisotopic (exact) mass is 226 g/mol. The molecular weight excluding hydrogens is 208 g/mol. The Balaban J connectivity index is 2.09. The highest BCUT2D eigenvalue weighted by atomic mass is 32.1. The predicted octanol–water partition coefficient (Wildman–Crippen LogP) is 2.72. The zero-order chi connectivity index (χ0) is 10.9. The van der Waals surface area contributed by atoms with Gasteiger partial charge in [-0.05, 0) is 54.0 Å². The van der Waals surface area contributed by atoms with Gasteiger partial charge in [-0.1, -0.05) is 6.92 Å². The number of thiophene rings is 1. The van der Waals surface area contributed by atoms with Crippen molar-refractivity contribution in [2.24, 2.45) is 5.92 Å². The number of hydrogen-bond donors (Lipinski definition) is 2. The Bertz CT molecular complexity index is 299. The van der Waals surface area contributed by atoms with Crippen LogP contribution in [0.15, 0.2) is 16.8 Å². The molecule has 1 fully saturated rings. The van der Waals surface area contributed by atoms with Crippen molar-refractivity contribution in [3.63, 3.8) is 0 Å². The summed E-state index contributed by atoms with van der Waals surface area (Å²) in [6.45, 7) is 2.20. The van der Waals surface area contributed by atoms with Crippen molar-refractivity contribution in [2.45, 2.75) is 44.3 Å². The fourth-order valence-electron chi connectivity index (χ4n) is 2.28. The largest absolute Gasteiger partial charge is 0.387 e. The molecule has 0 bridgehead atoms. The summed E-state index contributed by atoms with van der Waals surface area (Å²) in [4.78, 5) is 0. The van der Waals surface area contributed by atoms with Crippen molar-refractivity contribution in [1.29, 1.82) is 0 Å². The van der Waals surface area contributed by atoms with Crippen LogP contribution in [-0.4, -0.2) is 15.8 Å². The molecule has 1 aliphatic rings. The van der Waals surface area contributed by atoms with E-state index in [0.717, 1.165) is 18.4 Å². The zero-order valence-electron chi connectivity index (χ0n) is 9.02. The molecule has 2 nitrogen and oxygen atoms in total. The molecule has 15 heavy (non-hydrogen) atoms. The molecule has 0 aliphatic heterocycles. The van der Waals surface area contributed by atoms with Gasteiger partial charge in [-0.25, -0.2) is 0 Å². The van der Waals surface area contributed by atoms with Crippen molar-refractivity contribution in [1.82, 2.24) is 0 Å². The number of rotatable bonds is 2. The van der Waals surface area contributed by atoms with E-state index in [0.29, 0.717) is 18.8 Å². The van der Waals surface area contributed by atoms with Crippen LogP contribution in [0.4, 0.5) is 0 Å². The van der Waals surface area contributed by atoms with Gasteiger partial charge in [0.1, 0.15) is 6.10 Å². The van der Waals surface area contributed by atoms with Crippen molar-refractivity contribution >= 4 is 11.3 Å². The highest BCUT2D eigenvalue weighted by Gasteiger charge is 2.39. The molecule has 0 spiro atoms. The summed E-state index contributed by atoms with van der Waals surface area (Å²) < 4.78 is 0. The summed E-state index contributed by atoms with van der Waals surface area (Å²) in [5.74, 6) is 0.681. The fraction of sp³-hybridized carbons (Fsp3) is 0.667. The molecule has 0 amide bonds. The number of hydrogen-bond acceptors (Lipinski definition) is 3. The van der Waals surface area contributed by atoms with Gasteiger partial charge >= 0.3 is 0 Å². The normalized spacial score (nSPS) is 33.9. The molecule has 0 radical (unpaired) electrons. The number of aliphatic hydroxyl groups excluding tert-OH is 1. The average Bonchev–Trinajstić information content (AvgIpc) is 2.75. The molecule has 84 valence electrons. The molecule has 1 aromatic heterocycles. The second-order valence-electron chi connectivity index (χ2n) is 4.75. The van der Waals surface area contributed by atoms with Crippen LogP contribution in [0.5, 0.6) is 0 Å². The first-order valence-electron chi connectivity index (χ1n) is 5.54. The summed E-state index contributed by atoms with van der Waals surface area (Å²) in [5.41, 5.74) is -0.0369. The van der Waals surface area contributed by atoms with Crippen LogP contribution in [0.3, 0.4) is 0 Å². The summed E-state index contributed by atoms with van der Waals surface area (Å²) >= 11 is 1.56. The van der Waals surface area contributed by atoms with Gasteiger partial charge in [-0.15, -0.1) is 0 Å². The van der Waals surface area contributed by atoms with Gasteiger partial charge in [-0.3, -0.25) is 0 Å². The second kappa shape index (κ2) is 4.24. The van der Waals surface area contributed by atoms with E-state index in [2.05, 4.69) is 6.92 Å². The lowest BCUT2D eigenvalue weighted by Gasteiger charge is -2.38. The van der Waals surface area contributed by atoms with E-state index >= 15 is 0 Å². The third-order valence-corrected chi connectivity index (χ3v) is 4.21. The Labute approximate surface area is 94.6 Å². The molecule has 1 saturated carbocycles. The van der Waals surface area contributed by atoms with Crippen molar-refractivity contribution < 1.29 is 10.2 Å². The van der Waals surface area contributed by atoms with E-state index in [1.54, 1.807) is 11.3 Å². The second-order valence-corrected chi connectivity index (χ2v) is 5.53. The number of aliphatic hydroxyl groups is 2. The Hall–Kier alpha value is -0.380. The highest BCUT2D eigenvalue weighted by molar-refractivity contribution is 7.07. The molecule has 0 aromatic carbocycles. The maximum Gasteiger partial charge on any atom is 0.108 e. The first-order valence-corrected chi connectivity index (χ1v) is 6.49. The molecule has 1 aliphatic carbocycles. The van der Waals surface area contributed by atoms with E-state index in [1.807, 2.05) is 16.8 Å². The summed E-state index contributed by atoms with van der Waals surface area (Å²) in [7, 11) is 0. The highest BCUT2D eigenvalue weighted by Crippen LogP contribution is 2.40. The Morgan fingerprint density at radius 3 is 2.67 bits per heavy atom. The minimum absolute atomic E-state index is 0.681. The third-order valence-electron chi connectivity index (χ3n) is 3.51. The zero-order valence-corrected chi connectivity index (χ0v) is 9.83. The van der Waals surface area contributed by atoms with Crippen LogP contribution in [0, 0.1) is 5.92 Å². The van der Waals surface area contributed by atoms with Crippen molar-refractivity contribution in [3.8, 4) is 0 Å². The van der Waals surface area contributed by atoms with Crippen LogP contribution in [0.1, 0.15) is 44.3 Å². The first kappa shape index (κ1) is 11.1. The molecule has 0 saturated heterocycles. The van der Waals surface area contributed by atoms with Gasteiger partial charge < -0.3 is 10.2 Å². The standard InChI is InChI=1S/C12H18O2S/c1-9-2-5-12(14,6-3-9)11(13)10-4-7-15-8-10/h4,7-9,11,13-14H,2-3,5-6H2,1H3. The van der Waals surface area contributed by atoms with Crippen molar-refractivity contribution in [3.05, 3.63) is 22.4 Å². The lowest BCUT2D eigenvalue weighted by atomic mass is 9.75. The molecule has 3 heteroatoms. The van der Waals surface area contributed by atoms with Gasteiger partial charge in [0, 0.05) is 0 Å². The van der Waals surface area contributed by atoms with E-state index in [4.69, 9.17) is 0 Å². The van der Waals surface area contributed by atoms with Gasteiger partial charge in [-0.2, -0.15) is 11.3 Å². The first-order chi connectivity index (χ1) is 7.12. The minimum Gasteiger partial charge on any atom is -0.387 e. The van der Waals surface area contributed by atoms with Crippen LogP contribution in [0.25, 0.3) is 0 Å². The molecule has 1 aromatic rings. The Morgan fingerprint density at radius 2 is 2.13 bits per heavy atom.